The highest BCUT2D eigenvalue weighted by atomic mass is 32.1. The van der Waals surface area contributed by atoms with Crippen molar-refractivity contribution in [2.45, 2.75) is 26.8 Å². The Kier molecular flexibility index (Phi) is 4.09. The number of hydrogen-bond acceptors (Lipinski definition) is 3. The molecule has 0 fully saturated rings. The standard InChI is InChI=1S/C14H17FN2S/c1-4-16-10(3)12-8-17-14(18-12)11-7-5-6-9(2)13(11)15/h5-8,10,16H,4H2,1-3H3. The first-order chi connectivity index (χ1) is 8.63. The zero-order chi connectivity index (χ0) is 13.1. The van der Waals surface area contributed by atoms with Gasteiger partial charge in [0, 0.05) is 22.7 Å². The summed E-state index contributed by atoms with van der Waals surface area (Å²) in [6, 6.07) is 5.68. The van der Waals surface area contributed by atoms with Gasteiger partial charge in [-0.15, -0.1) is 11.3 Å². The average molecular weight is 264 g/mol. The number of thiazole rings is 1. The first-order valence-corrected chi connectivity index (χ1v) is 6.89. The number of halogens is 1. The third kappa shape index (κ3) is 2.60. The zero-order valence-corrected chi connectivity index (χ0v) is 11.6. The lowest BCUT2D eigenvalue weighted by Crippen LogP contribution is -2.16. The van der Waals surface area contributed by atoms with Crippen molar-refractivity contribution in [2.75, 3.05) is 6.54 Å². The Balaban J connectivity index is 2.32. The lowest BCUT2D eigenvalue weighted by molar-refractivity contribution is 0.606. The molecule has 0 aliphatic carbocycles. The van der Waals surface area contributed by atoms with Crippen molar-refractivity contribution in [3.8, 4) is 10.6 Å². The molecule has 0 aliphatic heterocycles. The van der Waals surface area contributed by atoms with Gasteiger partial charge in [-0.1, -0.05) is 19.1 Å². The van der Waals surface area contributed by atoms with Gasteiger partial charge in [0.2, 0.25) is 0 Å². The van der Waals surface area contributed by atoms with E-state index in [0.717, 1.165) is 16.4 Å². The van der Waals surface area contributed by atoms with Crippen molar-refractivity contribution in [3.63, 3.8) is 0 Å². The van der Waals surface area contributed by atoms with Crippen LogP contribution >= 0.6 is 11.3 Å². The Morgan fingerprint density at radius 1 is 1.44 bits per heavy atom. The summed E-state index contributed by atoms with van der Waals surface area (Å²) in [4.78, 5) is 5.46. The second-order valence-electron chi connectivity index (χ2n) is 4.28. The van der Waals surface area contributed by atoms with Gasteiger partial charge in [-0.25, -0.2) is 9.37 Å². The highest BCUT2D eigenvalue weighted by molar-refractivity contribution is 7.15. The predicted molar refractivity (Wildman–Crippen MR) is 74.3 cm³/mol. The van der Waals surface area contributed by atoms with Crippen LogP contribution in [0.3, 0.4) is 0 Å². The largest absolute Gasteiger partial charge is 0.310 e. The fourth-order valence-corrected chi connectivity index (χ4v) is 2.79. The second-order valence-corrected chi connectivity index (χ2v) is 5.35. The van der Waals surface area contributed by atoms with Crippen LogP contribution in [0.15, 0.2) is 24.4 Å². The van der Waals surface area contributed by atoms with Crippen LogP contribution in [-0.4, -0.2) is 11.5 Å². The van der Waals surface area contributed by atoms with Crippen LogP contribution in [0.2, 0.25) is 0 Å². The van der Waals surface area contributed by atoms with Gasteiger partial charge in [0.25, 0.3) is 0 Å². The summed E-state index contributed by atoms with van der Waals surface area (Å²) in [5, 5.41) is 4.08. The van der Waals surface area contributed by atoms with Crippen LogP contribution in [0.25, 0.3) is 10.6 Å². The monoisotopic (exact) mass is 264 g/mol. The zero-order valence-electron chi connectivity index (χ0n) is 10.8. The van der Waals surface area contributed by atoms with E-state index < -0.39 is 0 Å². The summed E-state index contributed by atoms with van der Waals surface area (Å²) in [5.41, 5.74) is 1.25. The number of rotatable bonds is 4. The summed E-state index contributed by atoms with van der Waals surface area (Å²) in [6.45, 7) is 6.84. The van der Waals surface area contributed by atoms with Crippen molar-refractivity contribution in [1.82, 2.24) is 10.3 Å². The van der Waals surface area contributed by atoms with Crippen LogP contribution in [0.1, 0.15) is 30.3 Å². The molecule has 96 valence electrons. The van der Waals surface area contributed by atoms with E-state index in [1.807, 2.05) is 12.3 Å². The molecule has 2 nitrogen and oxygen atoms in total. The number of aryl methyl sites for hydroxylation is 1. The number of benzene rings is 1. The molecule has 0 spiro atoms. The minimum absolute atomic E-state index is 0.172. The van der Waals surface area contributed by atoms with Crippen LogP contribution < -0.4 is 5.32 Å². The van der Waals surface area contributed by atoms with Crippen molar-refractivity contribution in [2.24, 2.45) is 0 Å². The van der Waals surface area contributed by atoms with E-state index >= 15 is 0 Å². The van der Waals surface area contributed by atoms with Crippen LogP contribution in [-0.2, 0) is 0 Å². The molecule has 0 saturated carbocycles. The van der Waals surface area contributed by atoms with E-state index in [0.29, 0.717) is 11.1 Å². The van der Waals surface area contributed by atoms with E-state index in [-0.39, 0.29) is 11.9 Å². The summed E-state index contributed by atoms with van der Waals surface area (Å²) >= 11 is 1.54. The van der Waals surface area contributed by atoms with Gasteiger partial charge >= 0.3 is 0 Å². The molecule has 1 aromatic heterocycles. The van der Waals surface area contributed by atoms with Gasteiger partial charge in [-0.3, -0.25) is 0 Å². The quantitative estimate of drug-likeness (QED) is 0.905. The lowest BCUT2D eigenvalue weighted by Gasteiger charge is -2.08. The highest BCUT2D eigenvalue weighted by Crippen LogP contribution is 2.31. The first kappa shape index (κ1) is 13.2. The van der Waals surface area contributed by atoms with Gasteiger partial charge in [0.05, 0.1) is 0 Å². The van der Waals surface area contributed by atoms with Crippen LogP contribution in [0, 0.1) is 12.7 Å². The maximum Gasteiger partial charge on any atom is 0.136 e. The number of hydrogen-bond donors (Lipinski definition) is 1. The van der Waals surface area contributed by atoms with E-state index in [4.69, 9.17) is 0 Å². The fraction of sp³-hybridized carbons (Fsp3) is 0.357. The third-order valence-corrected chi connectivity index (χ3v) is 4.10. The second kappa shape index (κ2) is 5.59. The molecule has 1 heterocycles. The van der Waals surface area contributed by atoms with E-state index in [9.17, 15) is 4.39 Å². The Hall–Kier alpha value is -1.26. The topological polar surface area (TPSA) is 24.9 Å². The molecule has 1 N–H and O–H groups in total. The Morgan fingerprint density at radius 2 is 2.22 bits per heavy atom. The minimum Gasteiger partial charge on any atom is -0.310 e. The molecule has 2 aromatic rings. The lowest BCUT2D eigenvalue weighted by atomic mass is 10.1. The minimum atomic E-state index is -0.172. The Bertz CT molecular complexity index is 536. The van der Waals surface area contributed by atoms with Gasteiger partial charge in [0.1, 0.15) is 10.8 Å². The molecule has 0 bridgehead atoms. The molecule has 1 atom stereocenters. The van der Waals surface area contributed by atoms with Crippen molar-refractivity contribution in [3.05, 3.63) is 40.7 Å². The molecular formula is C14H17FN2S. The molecular weight excluding hydrogens is 247 g/mol. The maximum absolute atomic E-state index is 14.0. The van der Waals surface area contributed by atoms with Crippen molar-refractivity contribution < 1.29 is 4.39 Å². The molecule has 0 aliphatic rings. The van der Waals surface area contributed by atoms with Crippen LogP contribution in [0.4, 0.5) is 4.39 Å². The maximum atomic E-state index is 14.0. The van der Waals surface area contributed by atoms with E-state index in [2.05, 4.69) is 24.1 Å². The molecule has 2 rings (SSSR count). The Labute approximate surface area is 111 Å². The molecule has 4 heteroatoms. The average Bonchev–Trinajstić information content (AvgIpc) is 2.82. The van der Waals surface area contributed by atoms with Gasteiger partial charge < -0.3 is 5.32 Å². The normalized spacial score (nSPS) is 12.7. The van der Waals surface area contributed by atoms with E-state index in [1.54, 1.807) is 30.4 Å². The summed E-state index contributed by atoms with van der Waals surface area (Å²) in [5.74, 6) is -0.172. The SMILES string of the molecule is CCNC(C)c1cnc(-c2cccc(C)c2F)s1. The van der Waals surface area contributed by atoms with E-state index in [1.165, 1.54) is 0 Å². The number of aromatic nitrogens is 1. The molecule has 0 radical (unpaired) electrons. The molecule has 1 aromatic carbocycles. The van der Waals surface area contributed by atoms with Crippen molar-refractivity contribution in [1.29, 1.82) is 0 Å². The summed E-state index contributed by atoms with van der Waals surface area (Å²) in [6.07, 6.45) is 1.83. The van der Waals surface area contributed by atoms with Gasteiger partial charge in [-0.2, -0.15) is 0 Å². The first-order valence-electron chi connectivity index (χ1n) is 6.08. The fourth-order valence-electron chi connectivity index (χ4n) is 1.83. The molecule has 1 unspecified atom stereocenters. The third-order valence-electron chi connectivity index (χ3n) is 2.88. The summed E-state index contributed by atoms with van der Waals surface area (Å²) in [7, 11) is 0. The highest BCUT2D eigenvalue weighted by Gasteiger charge is 2.13. The summed E-state index contributed by atoms with van der Waals surface area (Å²) < 4.78 is 14.0. The Morgan fingerprint density at radius 3 is 2.94 bits per heavy atom. The predicted octanol–water partition coefficient (Wildman–Crippen LogP) is 3.93. The van der Waals surface area contributed by atoms with Gasteiger partial charge in [-0.05, 0) is 32.0 Å². The molecule has 0 amide bonds. The number of nitrogens with zero attached hydrogens (tertiary/aromatic N) is 1. The molecule has 0 saturated heterocycles. The van der Waals surface area contributed by atoms with Crippen LogP contribution in [0.5, 0.6) is 0 Å². The molecule has 18 heavy (non-hydrogen) atoms. The number of nitrogens with one attached hydrogen (secondary N) is 1. The van der Waals surface area contributed by atoms with Gasteiger partial charge in [0.15, 0.2) is 0 Å². The smallest absolute Gasteiger partial charge is 0.136 e. The van der Waals surface area contributed by atoms with Crippen molar-refractivity contribution >= 4 is 11.3 Å².